The Morgan fingerprint density at radius 2 is 2.00 bits per heavy atom. The normalized spacial score (nSPS) is 16.0. The van der Waals surface area contributed by atoms with Crippen LogP contribution in [-0.2, 0) is 4.79 Å². The Hall–Kier alpha value is 0.630. The lowest BCUT2D eigenvalue weighted by Crippen LogP contribution is -2.22. The number of hydrogen-bond donors (Lipinski definition) is 0. The van der Waals surface area contributed by atoms with Gasteiger partial charge in [0.2, 0.25) is 4.69 Å². The summed E-state index contributed by atoms with van der Waals surface area (Å²) in [7, 11) is 0. The molecule has 0 amide bonds. The second-order valence-electron chi connectivity index (χ2n) is 2.93. The smallest absolute Gasteiger partial charge is 0.214 e. The average molecular weight is 286 g/mol. The summed E-state index contributed by atoms with van der Waals surface area (Å²) in [4.78, 5) is 10.9. The zero-order valence-corrected chi connectivity index (χ0v) is 10.2. The van der Waals surface area contributed by atoms with Crippen LogP contribution in [-0.4, -0.2) is 9.02 Å². The highest BCUT2D eigenvalue weighted by molar-refractivity contribution is 9.20. The minimum atomic E-state index is -0.359. The molecule has 0 bridgehead atoms. The quantitative estimate of drug-likeness (QED) is 0.428. The van der Waals surface area contributed by atoms with Crippen molar-refractivity contribution >= 4 is 36.6 Å². The molecule has 0 aliphatic carbocycles. The summed E-state index contributed by atoms with van der Waals surface area (Å²) in [5.74, 6) is 0. The predicted octanol–water partition coefficient (Wildman–Crippen LogP) is 3.64. The molecular formula is C8H14Br2O. The summed E-state index contributed by atoms with van der Waals surface area (Å²) in [5.41, 5.74) is 0. The second-order valence-corrected chi connectivity index (χ2v) is 5.40. The Labute approximate surface area is 85.2 Å². The van der Waals surface area contributed by atoms with Gasteiger partial charge in [-0.05, 0) is 29.3 Å². The van der Waals surface area contributed by atoms with Gasteiger partial charge < -0.3 is 0 Å². The standard InChI is InChI=1S/C8H14Br2O/c1-3-4-5-6-8(2,10)7(9)11/h3-6H2,1-2H3. The van der Waals surface area contributed by atoms with E-state index in [4.69, 9.17) is 0 Å². The molecule has 1 nitrogen and oxygen atoms in total. The first-order valence-corrected chi connectivity index (χ1v) is 5.48. The Kier molecular flexibility index (Phi) is 5.61. The lowest BCUT2D eigenvalue weighted by atomic mass is 10.1. The van der Waals surface area contributed by atoms with Crippen LogP contribution < -0.4 is 0 Å². The van der Waals surface area contributed by atoms with Gasteiger partial charge in [-0.3, -0.25) is 4.79 Å². The Morgan fingerprint density at radius 1 is 1.45 bits per heavy atom. The molecule has 1 unspecified atom stereocenters. The lowest BCUT2D eigenvalue weighted by Gasteiger charge is -2.16. The fourth-order valence-corrected chi connectivity index (χ4v) is 1.28. The summed E-state index contributed by atoms with van der Waals surface area (Å²) in [6, 6.07) is 0. The summed E-state index contributed by atoms with van der Waals surface area (Å²) in [6.45, 7) is 4.06. The van der Waals surface area contributed by atoms with Gasteiger partial charge in [0.25, 0.3) is 0 Å². The lowest BCUT2D eigenvalue weighted by molar-refractivity contribution is -0.112. The van der Waals surface area contributed by atoms with Crippen LogP contribution in [0.3, 0.4) is 0 Å². The molecule has 11 heavy (non-hydrogen) atoms. The van der Waals surface area contributed by atoms with Crippen molar-refractivity contribution in [2.75, 3.05) is 0 Å². The van der Waals surface area contributed by atoms with Crippen molar-refractivity contribution in [3.63, 3.8) is 0 Å². The minimum Gasteiger partial charge on any atom is -0.285 e. The van der Waals surface area contributed by atoms with E-state index >= 15 is 0 Å². The minimum absolute atomic E-state index is 0.0427. The summed E-state index contributed by atoms with van der Waals surface area (Å²) >= 11 is 6.34. The first-order chi connectivity index (χ1) is 5.00. The van der Waals surface area contributed by atoms with Gasteiger partial charge in [0.1, 0.15) is 0 Å². The van der Waals surface area contributed by atoms with E-state index in [-0.39, 0.29) is 9.02 Å². The molecule has 0 heterocycles. The SMILES string of the molecule is CCCCCC(C)(Br)C(=O)Br. The molecule has 0 spiro atoms. The molecule has 3 heteroatoms. The third-order valence-electron chi connectivity index (χ3n) is 1.66. The van der Waals surface area contributed by atoms with Gasteiger partial charge in [-0.25, -0.2) is 0 Å². The fourth-order valence-electron chi connectivity index (χ4n) is 0.805. The van der Waals surface area contributed by atoms with Gasteiger partial charge in [0.15, 0.2) is 0 Å². The van der Waals surface area contributed by atoms with Crippen molar-refractivity contribution in [2.24, 2.45) is 0 Å². The molecule has 0 aromatic carbocycles. The number of carbonyl (C=O) groups excluding carboxylic acids is 1. The number of carbonyl (C=O) groups is 1. The summed E-state index contributed by atoms with van der Waals surface area (Å²) in [5, 5.41) is 0. The van der Waals surface area contributed by atoms with E-state index in [2.05, 4.69) is 38.8 Å². The van der Waals surface area contributed by atoms with Crippen molar-refractivity contribution < 1.29 is 4.79 Å². The number of halogens is 2. The maximum Gasteiger partial charge on any atom is 0.214 e. The first-order valence-electron chi connectivity index (χ1n) is 3.89. The van der Waals surface area contributed by atoms with Crippen molar-refractivity contribution in [3.8, 4) is 0 Å². The molecule has 66 valence electrons. The number of unbranched alkanes of at least 4 members (excludes halogenated alkanes) is 2. The zero-order chi connectivity index (χ0) is 8.91. The van der Waals surface area contributed by atoms with E-state index < -0.39 is 0 Å². The summed E-state index contributed by atoms with van der Waals surface area (Å²) < 4.78 is -0.316. The van der Waals surface area contributed by atoms with E-state index in [1.54, 1.807) is 0 Å². The molecule has 0 aliphatic heterocycles. The molecule has 0 saturated heterocycles. The molecular weight excluding hydrogens is 272 g/mol. The molecule has 0 radical (unpaired) electrons. The molecule has 1 atom stereocenters. The number of alkyl halides is 1. The van der Waals surface area contributed by atoms with Crippen LogP contribution >= 0.6 is 31.9 Å². The van der Waals surface area contributed by atoms with Gasteiger partial charge in [0, 0.05) is 0 Å². The highest BCUT2D eigenvalue weighted by Crippen LogP contribution is 2.27. The van der Waals surface area contributed by atoms with Crippen LogP contribution in [0.2, 0.25) is 0 Å². The molecule has 0 saturated carbocycles. The highest BCUT2D eigenvalue weighted by atomic mass is 79.9. The highest BCUT2D eigenvalue weighted by Gasteiger charge is 2.26. The zero-order valence-electron chi connectivity index (χ0n) is 6.99. The van der Waals surface area contributed by atoms with E-state index in [1.807, 2.05) is 6.92 Å². The van der Waals surface area contributed by atoms with Crippen molar-refractivity contribution in [3.05, 3.63) is 0 Å². The van der Waals surface area contributed by atoms with Crippen LogP contribution in [0.25, 0.3) is 0 Å². The molecule has 0 aromatic heterocycles. The van der Waals surface area contributed by atoms with Crippen molar-refractivity contribution in [2.45, 2.75) is 43.9 Å². The Morgan fingerprint density at radius 3 is 2.36 bits per heavy atom. The van der Waals surface area contributed by atoms with E-state index in [1.165, 1.54) is 12.8 Å². The Bertz CT molecular complexity index is 132. The average Bonchev–Trinajstić information content (AvgIpc) is 1.88. The molecule has 0 N–H and O–H groups in total. The van der Waals surface area contributed by atoms with Gasteiger partial charge in [-0.2, -0.15) is 0 Å². The molecule has 0 aromatic rings. The third kappa shape index (κ3) is 4.96. The van der Waals surface area contributed by atoms with Gasteiger partial charge in [-0.1, -0.05) is 42.1 Å². The molecule has 0 rings (SSSR count). The second kappa shape index (κ2) is 5.31. The maximum absolute atomic E-state index is 10.9. The van der Waals surface area contributed by atoms with Gasteiger partial charge >= 0.3 is 0 Å². The fraction of sp³-hybridized carbons (Fsp3) is 0.875. The third-order valence-corrected chi connectivity index (χ3v) is 3.82. The van der Waals surface area contributed by atoms with Crippen LogP contribution in [0, 0.1) is 0 Å². The molecule has 0 aliphatic rings. The van der Waals surface area contributed by atoms with E-state index in [0.717, 1.165) is 12.8 Å². The number of hydrogen-bond acceptors (Lipinski definition) is 1. The van der Waals surface area contributed by atoms with Crippen LogP contribution in [0.15, 0.2) is 0 Å². The maximum atomic E-state index is 10.9. The Balaban J connectivity index is 3.64. The molecule has 0 fully saturated rings. The topological polar surface area (TPSA) is 17.1 Å². The van der Waals surface area contributed by atoms with E-state index in [9.17, 15) is 4.79 Å². The van der Waals surface area contributed by atoms with Gasteiger partial charge in [-0.15, -0.1) is 0 Å². The van der Waals surface area contributed by atoms with E-state index in [0.29, 0.717) is 0 Å². The largest absolute Gasteiger partial charge is 0.285 e. The number of rotatable bonds is 5. The monoisotopic (exact) mass is 284 g/mol. The van der Waals surface area contributed by atoms with Crippen LogP contribution in [0.5, 0.6) is 0 Å². The van der Waals surface area contributed by atoms with Crippen LogP contribution in [0.1, 0.15) is 39.5 Å². The summed E-state index contributed by atoms with van der Waals surface area (Å²) in [6.07, 6.45) is 4.40. The van der Waals surface area contributed by atoms with Crippen molar-refractivity contribution in [1.29, 1.82) is 0 Å². The van der Waals surface area contributed by atoms with Gasteiger partial charge in [0.05, 0.1) is 4.32 Å². The predicted molar refractivity (Wildman–Crippen MR) is 55.4 cm³/mol. The van der Waals surface area contributed by atoms with Crippen molar-refractivity contribution in [1.82, 2.24) is 0 Å². The first kappa shape index (κ1) is 11.6. The van der Waals surface area contributed by atoms with Crippen LogP contribution in [0.4, 0.5) is 0 Å².